The van der Waals surface area contributed by atoms with Crippen LogP contribution in [0.4, 0.5) is 5.69 Å². The summed E-state index contributed by atoms with van der Waals surface area (Å²) < 4.78 is 4.92. The standard InChI is InChI=1S/C17H14N2O4/c18-10-11-19(13-6-2-1-3-7-13)16(21)12-23-17(22)14-8-4-5-9-15(14)20/h1-9,20H,11-12H2. The SMILES string of the molecule is N#CCN(C(=O)COC(=O)c1ccccc1O)c1ccccc1. The third-order valence-electron chi connectivity index (χ3n) is 3.05. The van der Waals surface area contributed by atoms with E-state index < -0.39 is 18.5 Å². The number of hydrogen-bond donors (Lipinski definition) is 1. The van der Waals surface area contributed by atoms with Gasteiger partial charge in [-0.15, -0.1) is 0 Å². The summed E-state index contributed by atoms with van der Waals surface area (Å²) in [6.07, 6.45) is 0. The molecule has 116 valence electrons. The van der Waals surface area contributed by atoms with Crippen LogP contribution in [0.2, 0.25) is 0 Å². The van der Waals surface area contributed by atoms with E-state index in [9.17, 15) is 14.7 Å². The molecule has 0 atom stereocenters. The van der Waals surface area contributed by atoms with Gasteiger partial charge in [-0.1, -0.05) is 30.3 Å². The van der Waals surface area contributed by atoms with Crippen molar-refractivity contribution in [2.24, 2.45) is 0 Å². The first-order valence-electron chi connectivity index (χ1n) is 6.81. The maximum atomic E-state index is 12.2. The number of phenolic OH excluding ortho intramolecular Hbond substituents is 1. The molecular formula is C17H14N2O4. The number of carbonyl (C=O) groups excluding carboxylic acids is 2. The van der Waals surface area contributed by atoms with Crippen LogP contribution >= 0.6 is 0 Å². The number of phenols is 1. The molecule has 0 saturated heterocycles. The molecule has 0 heterocycles. The van der Waals surface area contributed by atoms with Crippen molar-refractivity contribution in [2.75, 3.05) is 18.1 Å². The molecular weight excluding hydrogens is 296 g/mol. The molecule has 1 N–H and O–H groups in total. The van der Waals surface area contributed by atoms with Gasteiger partial charge in [0.15, 0.2) is 6.61 Å². The molecule has 1 amide bonds. The van der Waals surface area contributed by atoms with Crippen molar-refractivity contribution in [2.45, 2.75) is 0 Å². The fourth-order valence-electron chi connectivity index (χ4n) is 1.93. The predicted octanol–water partition coefficient (Wildman–Crippen LogP) is 2.11. The molecule has 0 aromatic heterocycles. The maximum absolute atomic E-state index is 12.2. The number of nitrogens with zero attached hydrogens (tertiary/aromatic N) is 2. The summed E-state index contributed by atoms with van der Waals surface area (Å²) in [5, 5.41) is 18.4. The summed E-state index contributed by atoms with van der Waals surface area (Å²) in [7, 11) is 0. The van der Waals surface area contributed by atoms with Crippen molar-refractivity contribution in [1.29, 1.82) is 5.26 Å². The topological polar surface area (TPSA) is 90.6 Å². The van der Waals surface area contributed by atoms with Gasteiger partial charge in [-0.25, -0.2) is 4.79 Å². The first-order chi connectivity index (χ1) is 11.1. The van der Waals surface area contributed by atoms with Crippen LogP contribution in [0.3, 0.4) is 0 Å². The Morgan fingerprint density at radius 1 is 1.09 bits per heavy atom. The maximum Gasteiger partial charge on any atom is 0.342 e. The van der Waals surface area contributed by atoms with Gasteiger partial charge in [0, 0.05) is 5.69 Å². The minimum atomic E-state index is -0.804. The highest BCUT2D eigenvalue weighted by Crippen LogP contribution is 2.17. The van der Waals surface area contributed by atoms with Gasteiger partial charge in [0.05, 0.1) is 6.07 Å². The number of aromatic hydroxyl groups is 1. The van der Waals surface area contributed by atoms with E-state index in [4.69, 9.17) is 10.00 Å². The molecule has 23 heavy (non-hydrogen) atoms. The van der Waals surface area contributed by atoms with Crippen LogP contribution in [0.25, 0.3) is 0 Å². The Morgan fingerprint density at radius 2 is 1.74 bits per heavy atom. The lowest BCUT2D eigenvalue weighted by atomic mass is 10.2. The predicted molar refractivity (Wildman–Crippen MR) is 82.8 cm³/mol. The van der Waals surface area contributed by atoms with Crippen LogP contribution in [-0.2, 0) is 9.53 Å². The monoisotopic (exact) mass is 310 g/mol. The first-order valence-corrected chi connectivity index (χ1v) is 6.81. The molecule has 0 aliphatic rings. The molecule has 2 aromatic carbocycles. The summed E-state index contributed by atoms with van der Waals surface area (Å²) in [5.74, 6) is -1.55. The van der Waals surface area contributed by atoms with E-state index in [1.807, 2.05) is 6.07 Å². The van der Waals surface area contributed by atoms with Crippen molar-refractivity contribution in [3.8, 4) is 11.8 Å². The quantitative estimate of drug-likeness (QED) is 0.674. The normalized spacial score (nSPS) is 9.70. The second-order valence-corrected chi connectivity index (χ2v) is 4.57. The number of benzene rings is 2. The zero-order valence-corrected chi connectivity index (χ0v) is 12.2. The van der Waals surface area contributed by atoms with Crippen LogP contribution in [-0.4, -0.2) is 30.1 Å². The highest BCUT2D eigenvalue weighted by molar-refractivity contribution is 5.98. The Kier molecular flexibility index (Phi) is 5.31. The van der Waals surface area contributed by atoms with E-state index in [1.54, 1.807) is 42.5 Å². The zero-order chi connectivity index (χ0) is 16.7. The van der Waals surface area contributed by atoms with Gasteiger partial charge in [-0.3, -0.25) is 9.69 Å². The summed E-state index contributed by atoms with van der Waals surface area (Å²) in [6.45, 7) is -0.680. The molecule has 0 aliphatic heterocycles. The third-order valence-corrected chi connectivity index (χ3v) is 3.05. The molecule has 0 aliphatic carbocycles. The number of esters is 1. The Hall–Kier alpha value is -3.33. The fourth-order valence-corrected chi connectivity index (χ4v) is 1.93. The Bertz CT molecular complexity index is 738. The fraction of sp³-hybridized carbons (Fsp3) is 0.118. The molecule has 0 spiro atoms. The zero-order valence-electron chi connectivity index (χ0n) is 12.2. The van der Waals surface area contributed by atoms with Crippen LogP contribution in [0, 0.1) is 11.3 Å². The number of ether oxygens (including phenoxy) is 1. The largest absolute Gasteiger partial charge is 0.507 e. The Morgan fingerprint density at radius 3 is 2.39 bits per heavy atom. The van der Waals surface area contributed by atoms with Crippen LogP contribution < -0.4 is 4.90 Å². The number of anilines is 1. The van der Waals surface area contributed by atoms with Crippen LogP contribution in [0.15, 0.2) is 54.6 Å². The number of hydrogen-bond acceptors (Lipinski definition) is 5. The van der Waals surface area contributed by atoms with Gasteiger partial charge >= 0.3 is 5.97 Å². The van der Waals surface area contributed by atoms with E-state index in [1.165, 1.54) is 17.0 Å². The van der Waals surface area contributed by atoms with Gasteiger partial charge in [-0.05, 0) is 24.3 Å². The number of amides is 1. The summed E-state index contributed by atoms with van der Waals surface area (Å²) in [5.41, 5.74) is 0.518. The Balaban J connectivity index is 2.04. The van der Waals surface area contributed by atoms with Gasteiger partial charge in [0.1, 0.15) is 17.9 Å². The van der Waals surface area contributed by atoms with Gasteiger partial charge in [0.2, 0.25) is 0 Å². The minimum absolute atomic E-state index is 0.0214. The molecule has 0 bridgehead atoms. The minimum Gasteiger partial charge on any atom is -0.507 e. The van der Waals surface area contributed by atoms with E-state index in [-0.39, 0.29) is 17.9 Å². The summed E-state index contributed by atoms with van der Waals surface area (Å²) in [6, 6.07) is 16.4. The lowest BCUT2D eigenvalue weighted by Gasteiger charge is -2.19. The van der Waals surface area contributed by atoms with E-state index in [2.05, 4.69) is 0 Å². The second kappa shape index (κ2) is 7.61. The van der Waals surface area contributed by atoms with E-state index in [0.29, 0.717) is 5.69 Å². The first kappa shape index (κ1) is 16.0. The lowest BCUT2D eigenvalue weighted by molar-refractivity contribution is -0.121. The highest BCUT2D eigenvalue weighted by atomic mass is 16.5. The average molecular weight is 310 g/mol. The third kappa shape index (κ3) is 4.08. The van der Waals surface area contributed by atoms with Crippen molar-refractivity contribution >= 4 is 17.6 Å². The van der Waals surface area contributed by atoms with Gasteiger partial charge in [0.25, 0.3) is 5.91 Å². The summed E-state index contributed by atoms with van der Waals surface area (Å²) >= 11 is 0. The molecule has 0 radical (unpaired) electrons. The van der Waals surface area contributed by atoms with Gasteiger partial charge in [-0.2, -0.15) is 5.26 Å². The highest BCUT2D eigenvalue weighted by Gasteiger charge is 2.19. The number of para-hydroxylation sites is 2. The van der Waals surface area contributed by atoms with Crippen LogP contribution in [0.1, 0.15) is 10.4 Å². The van der Waals surface area contributed by atoms with E-state index in [0.717, 1.165) is 0 Å². The molecule has 0 saturated carbocycles. The lowest BCUT2D eigenvalue weighted by Crippen LogP contribution is -2.35. The molecule has 2 aromatic rings. The van der Waals surface area contributed by atoms with E-state index >= 15 is 0 Å². The average Bonchev–Trinajstić information content (AvgIpc) is 2.58. The van der Waals surface area contributed by atoms with Crippen molar-refractivity contribution in [3.63, 3.8) is 0 Å². The molecule has 6 nitrogen and oxygen atoms in total. The van der Waals surface area contributed by atoms with Gasteiger partial charge < -0.3 is 9.84 Å². The van der Waals surface area contributed by atoms with Crippen molar-refractivity contribution in [3.05, 3.63) is 60.2 Å². The number of carbonyl (C=O) groups is 2. The number of rotatable bonds is 5. The number of nitriles is 1. The molecule has 0 fully saturated rings. The second-order valence-electron chi connectivity index (χ2n) is 4.57. The van der Waals surface area contributed by atoms with Crippen LogP contribution in [0.5, 0.6) is 5.75 Å². The molecule has 6 heteroatoms. The smallest absolute Gasteiger partial charge is 0.342 e. The Labute approximate surface area is 133 Å². The summed E-state index contributed by atoms with van der Waals surface area (Å²) in [4.78, 5) is 25.3. The molecule has 0 unspecified atom stereocenters. The van der Waals surface area contributed by atoms with Crippen molar-refractivity contribution < 1.29 is 19.4 Å². The molecule has 2 rings (SSSR count). The van der Waals surface area contributed by atoms with Crippen molar-refractivity contribution in [1.82, 2.24) is 0 Å².